The van der Waals surface area contributed by atoms with Crippen molar-refractivity contribution in [3.05, 3.63) is 0 Å². The van der Waals surface area contributed by atoms with E-state index in [1.165, 1.54) is 18.9 Å². The molecule has 11 nitrogen and oxygen atoms in total. The lowest BCUT2D eigenvalue weighted by Crippen LogP contribution is -2.61. The quantitative estimate of drug-likeness (QED) is 0.282. The highest BCUT2D eigenvalue weighted by Gasteiger charge is 2.34. The van der Waals surface area contributed by atoms with Gasteiger partial charge in [-0.15, -0.1) is 0 Å². The van der Waals surface area contributed by atoms with Crippen LogP contribution in [0.25, 0.3) is 0 Å². The van der Waals surface area contributed by atoms with Crippen molar-refractivity contribution in [3.63, 3.8) is 0 Å². The third-order valence-electron chi connectivity index (χ3n) is 4.28. The summed E-state index contributed by atoms with van der Waals surface area (Å²) < 4.78 is 8.28. The summed E-state index contributed by atoms with van der Waals surface area (Å²) in [5, 5.41) is 15.8. The lowest BCUT2D eigenvalue weighted by atomic mass is 10.1. The summed E-state index contributed by atoms with van der Waals surface area (Å²) in [4.78, 5) is 49.5. The maximum atomic E-state index is 12.8. The van der Waals surface area contributed by atoms with Crippen molar-refractivity contribution < 1.29 is 33.8 Å². The van der Waals surface area contributed by atoms with Crippen molar-refractivity contribution in [1.29, 1.82) is 0 Å². The third-order valence-corrected chi connectivity index (χ3v) is 4.61. The van der Waals surface area contributed by atoms with Gasteiger partial charge in [-0.05, 0) is 47.5 Å². The molecule has 1 fully saturated rings. The number of halogens is 3. The summed E-state index contributed by atoms with van der Waals surface area (Å²) in [6.07, 6.45) is -1.27. The third kappa shape index (κ3) is 11.0. The summed E-state index contributed by atoms with van der Waals surface area (Å²) in [7, 11) is 0. The SMILES string of the molecule is CC(O)[C@H](NC(=O)OC(C)(C)C)C(=O)N[C@@H](C)C(=O)N1CCC[C@@H](C(=O)OCC(Cl)(Cl)Cl)N1. The maximum Gasteiger partial charge on any atom is 0.408 e. The molecule has 1 unspecified atom stereocenters. The molecule has 3 amide bonds. The van der Waals surface area contributed by atoms with E-state index in [2.05, 4.69) is 16.1 Å². The zero-order valence-corrected chi connectivity index (χ0v) is 21.4. The zero-order valence-electron chi connectivity index (χ0n) is 19.1. The van der Waals surface area contributed by atoms with Gasteiger partial charge in [-0.3, -0.25) is 19.4 Å². The number of alkyl halides is 3. The van der Waals surface area contributed by atoms with E-state index in [1.54, 1.807) is 20.8 Å². The van der Waals surface area contributed by atoms with Gasteiger partial charge < -0.3 is 25.2 Å². The molecule has 0 radical (unpaired) electrons. The molecule has 1 aliphatic heterocycles. The molecule has 4 atom stereocenters. The first-order valence-corrected chi connectivity index (χ1v) is 11.4. The second-order valence-corrected chi connectivity index (χ2v) is 11.1. The molecule has 1 saturated heterocycles. The standard InChI is InChI=1S/C19H31Cl3N4O7/c1-10(23-14(28)13(11(2)27)24-17(31)33-18(3,4)5)15(29)26-8-6-7-12(25-26)16(30)32-9-19(20,21)22/h10-13,25,27H,6-9H2,1-5H3,(H,23,28)(H,24,31)/t10-,11?,12-,13-/m0/s1. The highest BCUT2D eigenvalue weighted by Crippen LogP contribution is 2.26. The lowest BCUT2D eigenvalue weighted by molar-refractivity contribution is -0.153. The van der Waals surface area contributed by atoms with E-state index >= 15 is 0 Å². The van der Waals surface area contributed by atoms with E-state index < -0.39 is 64.1 Å². The number of rotatable bonds is 7. The van der Waals surface area contributed by atoms with Crippen molar-refractivity contribution in [3.8, 4) is 0 Å². The molecule has 1 rings (SSSR count). The molecule has 0 spiro atoms. The Balaban J connectivity index is 2.70. The smallest absolute Gasteiger partial charge is 0.408 e. The average Bonchev–Trinajstić information content (AvgIpc) is 2.67. The fraction of sp³-hybridized carbons (Fsp3) is 0.789. The van der Waals surface area contributed by atoms with Gasteiger partial charge in [0.05, 0.1) is 6.10 Å². The van der Waals surface area contributed by atoms with E-state index in [9.17, 15) is 24.3 Å². The van der Waals surface area contributed by atoms with Gasteiger partial charge in [-0.2, -0.15) is 0 Å². The molecular weight excluding hydrogens is 503 g/mol. The summed E-state index contributed by atoms with van der Waals surface area (Å²) in [5.41, 5.74) is 1.94. The Morgan fingerprint density at radius 2 is 1.76 bits per heavy atom. The highest BCUT2D eigenvalue weighted by molar-refractivity contribution is 6.67. The number of nitrogens with zero attached hydrogens (tertiary/aromatic N) is 1. The van der Waals surface area contributed by atoms with Gasteiger partial charge in [0.2, 0.25) is 9.70 Å². The molecular formula is C19H31Cl3N4O7. The Hall–Kier alpha value is -1.53. The van der Waals surface area contributed by atoms with E-state index in [1.807, 2.05) is 0 Å². The molecule has 1 heterocycles. The number of esters is 1. The van der Waals surface area contributed by atoms with Gasteiger partial charge >= 0.3 is 12.1 Å². The summed E-state index contributed by atoms with van der Waals surface area (Å²) >= 11 is 16.7. The van der Waals surface area contributed by atoms with Crippen molar-refractivity contribution in [2.24, 2.45) is 0 Å². The Morgan fingerprint density at radius 3 is 2.27 bits per heavy atom. The molecule has 0 aromatic heterocycles. The van der Waals surface area contributed by atoms with Crippen LogP contribution in [0.3, 0.4) is 0 Å². The van der Waals surface area contributed by atoms with Gasteiger partial charge in [-0.1, -0.05) is 34.8 Å². The molecule has 0 bridgehead atoms. The van der Waals surface area contributed by atoms with Gasteiger partial charge in [0.1, 0.15) is 30.3 Å². The predicted molar refractivity (Wildman–Crippen MR) is 122 cm³/mol. The van der Waals surface area contributed by atoms with Gasteiger partial charge in [0.15, 0.2) is 0 Å². The van der Waals surface area contributed by atoms with Crippen LogP contribution in [0.2, 0.25) is 0 Å². The van der Waals surface area contributed by atoms with E-state index in [4.69, 9.17) is 44.3 Å². The number of hydrazine groups is 1. The van der Waals surface area contributed by atoms with Crippen LogP contribution in [-0.4, -0.2) is 80.8 Å². The van der Waals surface area contributed by atoms with Crippen LogP contribution in [0.5, 0.6) is 0 Å². The Labute approximate surface area is 207 Å². The summed E-state index contributed by atoms with van der Waals surface area (Å²) in [5.74, 6) is -2.01. The Morgan fingerprint density at radius 1 is 1.15 bits per heavy atom. The molecule has 190 valence electrons. The fourth-order valence-corrected chi connectivity index (χ4v) is 2.97. The van der Waals surface area contributed by atoms with Crippen molar-refractivity contribution >= 4 is 58.7 Å². The van der Waals surface area contributed by atoms with Gasteiger partial charge in [-0.25, -0.2) is 10.2 Å². The van der Waals surface area contributed by atoms with E-state index in [0.29, 0.717) is 12.8 Å². The van der Waals surface area contributed by atoms with E-state index in [0.717, 1.165) is 0 Å². The second kappa shape index (κ2) is 12.3. The molecule has 33 heavy (non-hydrogen) atoms. The molecule has 0 aliphatic carbocycles. The Kier molecular flexibility index (Phi) is 11.0. The van der Waals surface area contributed by atoms with Crippen LogP contribution in [0, 0.1) is 0 Å². The van der Waals surface area contributed by atoms with Crippen LogP contribution in [0.15, 0.2) is 0 Å². The monoisotopic (exact) mass is 532 g/mol. The van der Waals surface area contributed by atoms with Crippen LogP contribution in [0.1, 0.15) is 47.5 Å². The maximum absolute atomic E-state index is 12.8. The Bertz CT molecular complexity index is 725. The average molecular weight is 534 g/mol. The van der Waals surface area contributed by atoms with Crippen LogP contribution in [0.4, 0.5) is 4.79 Å². The molecule has 14 heteroatoms. The zero-order chi connectivity index (χ0) is 25.6. The number of carbonyl (C=O) groups is 4. The van der Waals surface area contributed by atoms with Crippen LogP contribution >= 0.6 is 34.8 Å². The summed E-state index contributed by atoms with van der Waals surface area (Å²) in [6.45, 7) is 7.53. The molecule has 0 aromatic carbocycles. The molecule has 0 saturated carbocycles. The van der Waals surface area contributed by atoms with Crippen LogP contribution < -0.4 is 16.1 Å². The number of aliphatic hydroxyl groups is 1. The number of ether oxygens (including phenoxy) is 2. The fourth-order valence-electron chi connectivity index (χ4n) is 2.81. The highest BCUT2D eigenvalue weighted by atomic mass is 35.6. The molecule has 0 aromatic rings. The largest absolute Gasteiger partial charge is 0.460 e. The van der Waals surface area contributed by atoms with Crippen molar-refractivity contribution in [2.45, 2.75) is 81.1 Å². The first-order valence-electron chi connectivity index (χ1n) is 10.3. The predicted octanol–water partition coefficient (Wildman–Crippen LogP) is 1.17. The number of carbonyl (C=O) groups excluding carboxylic acids is 4. The molecule has 4 N–H and O–H groups in total. The normalized spacial score (nSPS) is 19.7. The van der Waals surface area contributed by atoms with Crippen molar-refractivity contribution in [1.82, 2.24) is 21.1 Å². The first-order chi connectivity index (χ1) is 15.0. The molecule has 1 aliphatic rings. The van der Waals surface area contributed by atoms with Gasteiger partial charge in [0.25, 0.3) is 5.91 Å². The topological polar surface area (TPSA) is 146 Å². The minimum Gasteiger partial charge on any atom is -0.460 e. The second-order valence-electron chi connectivity index (χ2n) is 8.63. The first kappa shape index (κ1) is 29.5. The van der Waals surface area contributed by atoms with E-state index in [-0.39, 0.29) is 6.54 Å². The number of nitrogens with one attached hydrogen (secondary N) is 3. The van der Waals surface area contributed by atoms with Crippen molar-refractivity contribution in [2.75, 3.05) is 13.2 Å². The minimum absolute atomic E-state index is 0.281. The number of aliphatic hydroxyl groups excluding tert-OH is 1. The number of hydrogen-bond acceptors (Lipinski definition) is 8. The number of alkyl carbamates (subject to hydrolysis) is 1. The summed E-state index contributed by atoms with van der Waals surface area (Å²) in [6, 6.07) is -3.23. The minimum atomic E-state index is -1.76. The number of hydrogen-bond donors (Lipinski definition) is 4. The number of amides is 3. The van der Waals surface area contributed by atoms with Crippen LogP contribution in [-0.2, 0) is 23.9 Å². The lowest BCUT2D eigenvalue weighted by Gasteiger charge is -2.34. The van der Waals surface area contributed by atoms with Gasteiger partial charge in [0, 0.05) is 6.54 Å².